The largest absolute Gasteiger partial charge is 1.00 e. The van der Waals surface area contributed by atoms with Gasteiger partial charge in [0.15, 0.2) is 11.8 Å². The number of allylic oxidation sites excluding steroid dienone is 1. The fourth-order valence-electron chi connectivity index (χ4n) is 9.13. The smallest absolute Gasteiger partial charge is 0.288 e. The summed E-state index contributed by atoms with van der Waals surface area (Å²) in [5.41, 5.74) is 4.29. The van der Waals surface area contributed by atoms with Crippen LogP contribution in [0, 0.1) is 5.92 Å². The number of benzene rings is 2. The van der Waals surface area contributed by atoms with E-state index in [2.05, 4.69) is 106 Å². The van der Waals surface area contributed by atoms with Crippen LogP contribution in [0.15, 0.2) is 72.4 Å². The van der Waals surface area contributed by atoms with Crippen molar-refractivity contribution in [2.75, 3.05) is 45.8 Å². The second kappa shape index (κ2) is 12.4. The first-order chi connectivity index (χ1) is 20.4. The number of carbonyl (C=O) groups is 1. The molecule has 2 atom stereocenters. The third kappa shape index (κ3) is 5.92. The van der Waals surface area contributed by atoms with Crippen LogP contribution >= 0.6 is 0 Å². The molecule has 1 amide bonds. The number of carbonyl (C=O) groups excluding carboxylic acids is 1. The molecule has 2 aromatic rings. The minimum Gasteiger partial charge on any atom is -1.00 e. The van der Waals surface area contributed by atoms with Gasteiger partial charge in [0.1, 0.15) is 0 Å². The van der Waals surface area contributed by atoms with E-state index in [4.69, 9.17) is 0 Å². The third-order valence-corrected chi connectivity index (χ3v) is 11.4. The zero-order chi connectivity index (χ0) is 28.7. The molecule has 0 N–H and O–H groups in total. The van der Waals surface area contributed by atoms with Crippen LogP contribution in [0.2, 0.25) is 0 Å². The molecule has 43 heavy (non-hydrogen) atoms. The zero-order valence-corrected chi connectivity index (χ0v) is 26.9. The number of fused-ring (bicyclic) bond motifs is 4. The molecule has 5 aliphatic heterocycles. The molecule has 6 aliphatic rings. The highest BCUT2D eigenvalue weighted by atomic mass is 35.5. The first kappa shape index (κ1) is 30.4. The molecular weight excluding hydrogens is 552 g/mol. The van der Waals surface area contributed by atoms with Crippen molar-refractivity contribution in [1.82, 2.24) is 14.7 Å². The molecule has 2 aromatic carbocycles. The number of hydrogen-bond acceptors (Lipinski definition) is 3. The van der Waals surface area contributed by atoms with Crippen molar-refractivity contribution in [3.8, 4) is 0 Å². The van der Waals surface area contributed by atoms with Crippen LogP contribution in [0.25, 0.3) is 0 Å². The highest BCUT2D eigenvalue weighted by Gasteiger charge is 2.55. The van der Waals surface area contributed by atoms with Gasteiger partial charge in [-0.2, -0.15) is 0 Å². The van der Waals surface area contributed by atoms with Crippen molar-refractivity contribution in [3.63, 3.8) is 0 Å². The summed E-state index contributed by atoms with van der Waals surface area (Å²) in [7, 11) is 0. The normalized spacial score (nSPS) is 30.4. The summed E-state index contributed by atoms with van der Waals surface area (Å²) in [6.45, 7) is 11.5. The maximum Gasteiger partial charge on any atom is 0.288 e. The molecule has 2 unspecified atom stereocenters. The van der Waals surface area contributed by atoms with Crippen LogP contribution in [0.4, 0.5) is 0 Å². The van der Waals surface area contributed by atoms with Gasteiger partial charge in [0.25, 0.3) is 5.91 Å². The Morgan fingerprint density at radius 3 is 1.95 bits per heavy atom. The van der Waals surface area contributed by atoms with Crippen molar-refractivity contribution in [2.45, 2.75) is 81.7 Å². The molecule has 5 nitrogen and oxygen atoms in total. The van der Waals surface area contributed by atoms with E-state index in [9.17, 15) is 4.79 Å². The molecule has 2 bridgehead atoms. The van der Waals surface area contributed by atoms with Gasteiger partial charge in [0.05, 0.1) is 6.42 Å². The molecule has 5 fully saturated rings. The van der Waals surface area contributed by atoms with Crippen LogP contribution in [0.3, 0.4) is 0 Å². The number of halogens is 1. The van der Waals surface area contributed by atoms with E-state index in [1.54, 1.807) is 0 Å². The molecule has 5 heterocycles. The van der Waals surface area contributed by atoms with Gasteiger partial charge in [-0.25, -0.2) is 4.58 Å². The molecule has 0 radical (unpaired) electrons. The summed E-state index contributed by atoms with van der Waals surface area (Å²) in [6.07, 6.45) is 12.9. The van der Waals surface area contributed by atoms with Crippen molar-refractivity contribution in [1.29, 1.82) is 0 Å². The number of nitrogens with zero attached hydrogens (tertiary/aromatic N) is 4. The van der Waals surface area contributed by atoms with Crippen molar-refractivity contribution in [3.05, 3.63) is 83.6 Å². The lowest BCUT2D eigenvalue weighted by molar-refractivity contribution is -0.588. The van der Waals surface area contributed by atoms with Crippen LogP contribution in [-0.4, -0.2) is 88.3 Å². The second-order valence-electron chi connectivity index (χ2n) is 14.4. The van der Waals surface area contributed by atoms with Crippen LogP contribution in [0.5, 0.6) is 0 Å². The standard InChI is InChI=1S/C37H49N4O.ClH/c1-36(2)23-31(38-18-9-10-19-38)17-22-41(36)27-35(42)39-26-34-32(29-13-5-3-6-14-29)24-37(28-39,40-20-11-12-21-40)25-33(34)30-15-7-4-8-16-30;/h3-8,13-17,22,32-34H,9-12,18-21,23-28H2,1-2H3;1H/q+1;/p-1. The highest BCUT2D eigenvalue weighted by Crippen LogP contribution is 2.55. The van der Waals surface area contributed by atoms with E-state index in [1.807, 2.05) is 0 Å². The molecular formula is C37H49ClN4O. The van der Waals surface area contributed by atoms with Gasteiger partial charge in [-0.15, -0.1) is 0 Å². The predicted molar refractivity (Wildman–Crippen MR) is 170 cm³/mol. The summed E-state index contributed by atoms with van der Waals surface area (Å²) < 4.78 is 2.33. The minimum atomic E-state index is -0.0705. The van der Waals surface area contributed by atoms with Crippen LogP contribution < -0.4 is 12.4 Å². The molecule has 6 heteroatoms. The first-order valence-corrected chi connectivity index (χ1v) is 16.6. The monoisotopic (exact) mass is 600 g/mol. The second-order valence-corrected chi connectivity index (χ2v) is 14.4. The van der Waals surface area contributed by atoms with Gasteiger partial charge >= 0.3 is 0 Å². The molecule has 4 saturated heterocycles. The topological polar surface area (TPSA) is 29.8 Å². The maximum atomic E-state index is 14.4. The zero-order valence-electron chi connectivity index (χ0n) is 26.1. The molecule has 1 aliphatic carbocycles. The Kier molecular flexibility index (Phi) is 8.77. The molecule has 0 aromatic heterocycles. The molecule has 8 rings (SSSR count). The van der Waals surface area contributed by atoms with Crippen LogP contribution in [0.1, 0.15) is 81.8 Å². The molecule has 230 valence electrons. The van der Waals surface area contributed by atoms with Crippen molar-refractivity contribution in [2.24, 2.45) is 5.92 Å². The molecule has 1 saturated carbocycles. The van der Waals surface area contributed by atoms with Gasteiger partial charge in [-0.3, -0.25) is 9.69 Å². The Morgan fingerprint density at radius 2 is 1.40 bits per heavy atom. The number of hydrogen-bond donors (Lipinski definition) is 0. The van der Waals surface area contributed by atoms with E-state index in [-0.39, 0.29) is 23.5 Å². The van der Waals surface area contributed by atoms with Crippen molar-refractivity contribution >= 4 is 12.1 Å². The highest BCUT2D eigenvalue weighted by molar-refractivity contribution is 5.79. The Bertz CT molecular complexity index is 1280. The van der Waals surface area contributed by atoms with Gasteiger partial charge in [-0.05, 0) is 80.5 Å². The van der Waals surface area contributed by atoms with Crippen molar-refractivity contribution < 1.29 is 21.8 Å². The first-order valence-electron chi connectivity index (χ1n) is 16.6. The summed E-state index contributed by atoms with van der Waals surface area (Å²) >= 11 is 0. The van der Waals surface area contributed by atoms with Gasteiger partial charge in [0, 0.05) is 57.3 Å². The minimum absolute atomic E-state index is 0. The number of rotatable bonds is 6. The molecule has 0 spiro atoms. The summed E-state index contributed by atoms with van der Waals surface area (Å²) in [6, 6.07) is 22.5. The predicted octanol–water partition coefficient (Wildman–Crippen LogP) is 2.89. The lowest BCUT2D eigenvalue weighted by Gasteiger charge is -2.50. The lowest BCUT2D eigenvalue weighted by atomic mass is 9.61. The van der Waals surface area contributed by atoms with Gasteiger partial charge < -0.3 is 22.2 Å². The average molecular weight is 601 g/mol. The average Bonchev–Trinajstić information content (AvgIpc) is 3.70. The Hall–Kier alpha value is -2.63. The number of likely N-dealkylation sites (tertiary alicyclic amines) is 2. The lowest BCUT2D eigenvalue weighted by Crippen LogP contribution is -3.00. The Labute approximate surface area is 265 Å². The van der Waals surface area contributed by atoms with Gasteiger partial charge in [-0.1, -0.05) is 60.7 Å². The van der Waals surface area contributed by atoms with E-state index in [1.165, 1.54) is 55.6 Å². The van der Waals surface area contributed by atoms with E-state index >= 15 is 0 Å². The fraction of sp³-hybridized carbons (Fsp3) is 0.568. The summed E-state index contributed by atoms with van der Waals surface area (Å²) in [4.78, 5) is 22.1. The Balaban J connectivity index is 0.00000329. The summed E-state index contributed by atoms with van der Waals surface area (Å²) in [5, 5.41) is 0. The fourth-order valence-corrected chi connectivity index (χ4v) is 9.13. The maximum absolute atomic E-state index is 14.4. The number of amides is 1. The van der Waals surface area contributed by atoms with Gasteiger partial charge in [0.2, 0.25) is 6.54 Å². The summed E-state index contributed by atoms with van der Waals surface area (Å²) in [5.74, 6) is 1.62. The Morgan fingerprint density at radius 1 is 0.837 bits per heavy atom. The van der Waals surface area contributed by atoms with E-state index in [0.717, 1.165) is 45.4 Å². The van der Waals surface area contributed by atoms with E-state index < -0.39 is 0 Å². The van der Waals surface area contributed by atoms with Crippen LogP contribution in [-0.2, 0) is 4.79 Å². The third-order valence-electron chi connectivity index (χ3n) is 11.4. The SMILES string of the molecule is CC1(C)CC(N2CCCC2)=CC=[N+]1CC(=O)N1CC2C(c3ccccc3)CC(N3CCCC3)(CC2c2ccccc2)C1.[Cl-]. The quantitative estimate of drug-likeness (QED) is 0.478. The van der Waals surface area contributed by atoms with E-state index in [0.29, 0.717) is 30.2 Å².